The topological polar surface area (TPSA) is 24.1 Å². The number of rotatable bonds is 10. The molecule has 0 radical (unpaired) electrons. The molecule has 0 spiro atoms. The summed E-state index contributed by atoms with van der Waals surface area (Å²) in [5.74, 6) is -0.872. The van der Waals surface area contributed by atoms with Crippen molar-refractivity contribution in [3.63, 3.8) is 0 Å². The zero-order chi connectivity index (χ0) is 22.8. The van der Waals surface area contributed by atoms with Gasteiger partial charge in [-0.25, -0.2) is 0 Å². The molecule has 0 heterocycles. The Morgan fingerprint density at radius 3 is 1.25 bits per heavy atom. The molecule has 0 aliphatic heterocycles. The van der Waals surface area contributed by atoms with Crippen LogP contribution in [-0.2, 0) is 41.8 Å². The molecule has 0 aromatic carbocycles. The molecule has 0 aromatic heterocycles. The van der Waals surface area contributed by atoms with E-state index in [0.717, 1.165) is 12.1 Å². The zero-order valence-corrected chi connectivity index (χ0v) is 33.2. The van der Waals surface area contributed by atoms with Gasteiger partial charge in [-0.15, -0.1) is 0 Å². The Hall–Kier alpha value is 1.63. The summed E-state index contributed by atoms with van der Waals surface area (Å²) in [7, 11) is 0. The minimum atomic E-state index is -1.56. The summed E-state index contributed by atoms with van der Waals surface area (Å²) in [5, 5.41) is 0. The quantitative estimate of drug-likeness (QED) is 0.309. The number of allylic oxidation sites excluding steroid dienone is 8. The molecular formula is C24H48Cl2Hf2N2Si2. The molecule has 2 rings (SSSR count). The average Bonchev–Trinajstić information content (AvgIpc) is 3.31. The Morgan fingerprint density at radius 2 is 1.06 bits per heavy atom. The standard InChI is InChI=1S/2C6H7.2C4H10N.2C2H7Si.2ClH.2Hf/c2*1-6-4-2-3-5-6;2*1-3-4(2)5;2*1-3-2;;;;/h2*4-5H,2H2,1H3;2*4-5H,3H2,1-2H3;2*3H,1-2H3;2*1H;;/q;;2*-1;;;;;2*+2/p-2. The van der Waals surface area contributed by atoms with Crippen LogP contribution in [0.1, 0.15) is 67.2 Å². The second-order valence-corrected chi connectivity index (χ2v) is 61.3. The summed E-state index contributed by atoms with van der Waals surface area (Å²) in [6.07, 6.45) is 14.8. The van der Waals surface area contributed by atoms with Gasteiger partial charge in [-0.2, -0.15) is 0 Å². The summed E-state index contributed by atoms with van der Waals surface area (Å²) in [6.45, 7) is 23.9. The number of nitrogens with one attached hydrogen (secondary N) is 2. The van der Waals surface area contributed by atoms with Crippen molar-refractivity contribution in [2.24, 2.45) is 0 Å². The molecule has 32 heavy (non-hydrogen) atoms. The summed E-state index contributed by atoms with van der Waals surface area (Å²) < 4.78 is 11.7. The third-order valence-corrected chi connectivity index (χ3v) is 55.2. The van der Waals surface area contributed by atoms with Crippen molar-refractivity contribution in [3.8, 4) is 0 Å². The van der Waals surface area contributed by atoms with Gasteiger partial charge in [-0.3, -0.25) is 0 Å². The predicted molar refractivity (Wildman–Crippen MR) is 136 cm³/mol. The maximum absolute atomic E-state index is 4.00. The Morgan fingerprint density at radius 1 is 0.750 bits per heavy atom. The first-order chi connectivity index (χ1) is 14.1. The van der Waals surface area contributed by atoms with Crippen LogP contribution in [0.3, 0.4) is 0 Å². The SMILES string of the molecule is CCC(C)[NH][Hf+]([C]1=CC(C)=CC1)[SiH](C)C.CCC(C)[NH][Hf+]([C]1=CC(C)=CC1)[SiH](C)C.[Cl-].[Cl-]. The fourth-order valence-electron chi connectivity index (χ4n) is 3.70. The van der Waals surface area contributed by atoms with Crippen molar-refractivity contribution in [1.29, 1.82) is 0 Å². The van der Waals surface area contributed by atoms with Gasteiger partial charge in [0.1, 0.15) is 0 Å². The Kier molecular flexibility index (Phi) is 21.1. The van der Waals surface area contributed by atoms with Crippen LogP contribution >= 0.6 is 0 Å². The van der Waals surface area contributed by atoms with Crippen molar-refractivity contribution in [1.82, 2.24) is 6.61 Å². The maximum Gasteiger partial charge on any atom is -1.00 e. The summed E-state index contributed by atoms with van der Waals surface area (Å²) in [5.41, 5.74) is 2.99. The molecule has 2 aliphatic carbocycles. The minimum absolute atomic E-state index is 0. The molecule has 2 nitrogen and oxygen atoms in total. The van der Waals surface area contributed by atoms with Gasteiger partial charge in [0.05, 0.1) is 0 Å². The second-order valence-electron chi connectivity index (χ2n) is 9.69. The number of hydrogen-bond donors (Lipinski definition) is 2. The molecule has 0 bridgehead atoms. The van der Waals surface area contributed by atoms with Crippen molar-refractivity contribution in [2.75, 3.05) is 0 Å². The molecule has 2 aliphatic rings. The normalized spacial score (nSPS) is 16.6. The van der Waals surface area contributed by atoms with E-state index < -0.39 is 53.8 Å². The van der Waals surface area contributed by atoms with E-state index >= 15 is 0 Å². The first-order valence-corrected chi connectivity index (χ1v) is 37.5. The Bertz CT molecular complexity index is 608. The molecule has 0 saturated carbocycles. The van der Waals surface area contributed by atoms with Gasteiger partial charge in [0.25, 0.3) is 0 Å². The van der Waals surface area contributed by atoms with E-state index in [-0.39, 0.29) is 24.8 Å². The van der Waals surface area contributed by atoms with Crippen molar-refractivity contribution >= 4 is 12.0 Å². The fourth-order valence-corrected chi connectivity index (χ4v) is 48.7. The monoisotopic (exact) mass is 850 g/mol. The third kappa shape index (κ3) is 13.1. The first-order valence-electron chi connectivity index (χ1n) is 12.1. The van der Waals surface area contributed by atoms with Crippen LogP contribution in [0.2, 0.25) is 26.2 Å². The van der Waals surface area contributed by atoms with E-state index in [2.05, 4.69) is 98.6 Å². The van der Waals surface area contributed by atoms with Crippen LogP contribution in [0, 0.1) is 0 Å². The van der Waals surface area contributed by atoms with E-state index in [4.69, 9.17) is 0 Å². The molecule has 8 heteroatoms. The molecule has 184 valence electrons. The van der Waals surface area contributed by atoms with E-state index in [9.17, 15) is 0 Å². The third-order valence-electron chi connectivity index (χ3n) is 5.97. The van der Waals surface area contributed by atoms with E-state index in [0.29, 0.717) is 0 Å². The van der Waals surface area contributed by atoms with Gasteiger partial charge in [0.15, 0.2) is 0 Å². The molecule has 2 N–H and O–H groups in total. The van der Waals surface area contributed by atoms with Crippen LogP contribution in [0.25, 0.3) is 0 Å². The van der Waals surface area contributed by atoms with Crippen LogP contribution in [0.5, 0.6) is 0 Å². The van der Waals surface area contributed by atoms with Crippen LogP contribution in [0.15, 0.2) is 42.1 Å². The molecule has 2 unspecified atom stereocenters. The number of halogens is 2. The summed E-state index contributed by atoms with van der Waals surface area (Å²) >= 11 is -3.11. The summed E-state index contributed by atoms with van der Waals surface area (Å²) in [6, 6.07) is 1.48. The fraction of sp³-hybridized carbons (Fsp3) is 0.667. The first kappa shape index (κ1) is 35.8. The maximum atomic E-state index is 4.00. The van der Waals surface area contributed by atoms with Crippen LogP contribution in [-0.4, -0.2) is 24.1 Å². The van der Waals surface area contributed by atoms with E-state index in [1.54, 1.807) is 0 Å². The summed E-state index contributed by atoms with van der Waals surface area (Å²) in [4.78, 5) is 0. The number of hydrogen-bond acceptors (Lipinski definition) is 2. The molecule has 0 amide bonds. The molecule has 0 aromatic rings. The second kappa shape index (κ2) is 18.8. The van der Waals surface area contributed by atoms with Crippen LogP contribution in [0.4, 0.5) is 0 Å². The minimum Gasteiger partial charge on any atom is -1.00 e. The van der Waals surface area contributed by atoms with E-state index in [1.165, 1.54) is 36.8 Å². The molecule has 2 atom stereocenters. The predicted octanol–water partition coefficient (Wildman–Crippen LogP) is 0.258. The van der Waals surface area contributed by atoms with Crippen molar-refractivity contribution < 1.29 is 66.6 Å². The van der Waals surface area contributed by atoms with Gasteiger partial charge in [-0.1, -0.05) is 0 Å². The van der Waals surface area contributed by atoms with Crippen molar-refractivity contribution in [2.45, 2.75) is 105 Å². The van der Waals surface area contributed by atoms with Gasteiger partial charge in [-0.05, 0) is 0 Å². The van der Waals surface area contributed by atoms with Crippen molar-refractivity contribution in [3.05, 3.63) is 42.1 Å². The van der Waals surface area contributed by atoms with Gasteiger partial charge in [0.2, 0.25) is 0 Å². The largest absolute Gasteiger partial charge is 1.00 e. The molecular weight excluding hydrogens is 800 g/mol. The average molecular weight is 849 g/mol. The Labute approximate surface area is 230 Å². The molecule has 0 fully saturated rings. The molecule has 0 saturated heterocycles. The zero-order valence-electron chi connectivity index (χ0n) is 22.2. The van der Waals surface area contributed by atoms with Gasteiger partial charge >= 0.3 is 208 Å². The van der Waals surface area contributed by atoms with E-state index in [1.807, 2.05) is 6.66 Å². The van der Waals surface area contributed by atoms with Gasteiger partial charge < -0.3 is 24.8 Å². The van der Waals surface area contributed by atoms with Crippen LogP contribution < -0.4 is 31.4 Å². The smallest absolute Gasteiger partial charge is 1.00 e. The Balaban J connectivity index is 0. The van der Waals surface area contributed by atoms with Gasteiger partial charge in [0, 0.05) is 0 Å².